The molecule has 0 saturated heterocycles. The maximum Gasteiger partial charge on any atom is 0.146 e. The number of nitrogens with two attached hydrogens (primary N) is 1. The van der Waals surface area contributed by atoms with E-state index in [0.717, 1.165) is 5.56 Å². The minimum atomic E-state index is -0.710. The molecular weight excluding hydrogens is 181 g/mol. The van der Waals surface area contributed by atoms with Gasteiger partial charge in [-0.25, -0.2) is 4.39 Å². The van der Waals surface area contributed by atoms with Gasteiger partial charge in [0.05, 0.1) is 11.3 Å². The van der Waals surface area contributed by atoms with Crippen LogP contribution in [-0.2, 0) is 6.42 Å². The molecule has 78 valence electrons. The Morgan fingerprint density at radius 1 is 1.43 bits per heavy atom. The average molecular weight is 197 g/mol. The summed E-state index contributed by atoms with van der Waals surface area (Å²) in [4.78, 5) is 0. The van der Waals surface area contributed by atoms with Crippen LogP contribution in [0.5, 0.6) is 0 Å². The number of aliphatic hydroxyl groups is 1. The third kappa shape index (κ3) is 3.34. The minimum Gasteiger partial charge on any atom is -0.396 e. The topological polar surface area (TPSA) is 46.2 Å². The zero-order chi connectivity index (χ0) is 10.8. The number of rotatable bonds is 3. The molecule has 3 N–H and O–H groups in total. The Kier molecular flexibility index (Phi) is 3.11. The maximum atomic E-state index is 13.0. The maximum absolute atomic E-state index is 13.0. The third-order valence-electron chi connectivity index (χ3n) is 2.09. The molecule has 2 nitrogen and oxygen atoms in total. The van der Waals surface area contributed by atoms with E-state index >= 15 is 0 Å². The molecule has 0 spiro atoms. The summed E-state index contributed by atoms with van der Waals surface area (Å²) < 4.78 is 13.0. The lowest BCUT2D eigenvalue weighted by molar-refractivity contribution is 0.0714. The minimum absolute atomic E-state index is 0.164. The molecule has 0 aliphatic heterocycles. The number of aryl methyl sites for hydroxylation is 1. The molecule has 0 radical (unpaired) electrons. The highest BCUT2D eigenvalue weighted by Crippen LogP contribution is 2.16. The van der Waals surface area contributed by atoms with Crippen molar-refractivity contribution in [1.29, 1.82) is 0 Å². The second kappa shape index (κ2) is 3.96. The lowest BCUT2D eigenvalue weighted by Gasteiger charge is -2.16. The average Bonchev–Trinajstić information content (AvgIpc) is 2.06. The molecule has 0 heterocycles. The monoisotopic (exact) mass is 197 g/mol. The highest BCUT2D eigenvalue weighted by molar-refractivity contribution is 5.41. The largest absolute Gasteiger partial charge is 0.396 e. The van der Waals surface area contributed by atoms with Crippen LogP contribution in [-0.4, -0.2) is 10.7 Å². The first-order chi connectivity index (χ1) is 6.38. The van der Waals surface area contributed by atoms with Crippen molar-refractivity contribution in [3.63, 3.8) is 0 Å². The van der Waals surface area contributed by atoms with E-state index in [1.165, 1.54) is 6.07 Å². The summed E-state index contributed by atoms with van der Waals surface area (Å²) in [7, 11) is 0. The lowest BCUT2D eigenvalue weighted by Crippen LogP contribution is -2.19. The van der Waals surface area contributed by atoms with Crippen molar-refractivity contribution in [3.05, 3.63) is 29.6 Å². The fourth-order valence-electron chi connectivity index (χ4n) is 1.18. The Bertz CT molecular complexity index is 318. The number of hydrogen-bond donors (Lipinski definition) is 2. The van der Waals surface area contributed by atoms with Gasteiger partial charge in [-0.1, -0.05) is 6.07 Å². The van der Waals surface area contributed by atoms with Crippen molar-refractivity contribution >= 4 is 5.69 Å². The van der Waals surface area contributed by atoms with E-state index in [9.17, 15) is 9.50 Å². The van der Waals surface area contributed by atoms with Gasteiger partial charge in [-0.2, -0.15) is 0 Å². The second-order valence-electron chi connectivity index (χ2n) is 4.17. The van der Waals surface area contributed by atoms with Crippen LogP contribution in [0.3, 0.4) is 0 Å². The fraction of sp³-hybridized carbons (Fsp3) is 0.455. The molecule has 0 aliphatic rings. The molecular formula is C11H16FNO. The van der Waals surface area contributed by atoms with Crippen LogP contribution in [0.1, 0.15) is 25.8 Å². The summed E-state index contributed by atoms with van der Waals surface area (Å²) in [6, 6.07) is 4.75. The first kappa shape index (κ1) is 11.0. The highest BCUT2D eigenvalue weighted by atomic mass is 19.1. The Labute approximate surface area is 83.6 Å². The summed E-state index contributed by atoms with van der Waals surface area (Å²) in [5.41, 5.74) is 5.66. The predicted molar refractivity (Wildman–Crippen MR) is 55.4 cm³/mol. The van der Waals surface area contributed by atoms with Gasteiger partial charge in [-0.3, -0.25) is 0 Å². The molecule has 0 aromatic heterocycles. The molecule has 1 aromatic carbocycles. The molecule has 0 bridgehead atoms. The van der Waals surface area contributed by atoms with Crippen LogP contribution < -0.4 is 5.73 Å². The van der Waals surface area contributed by atoms with Gasteiger partial charge in [-0.15, -0.1) is 0 Å². The van der Waals surface area contributed by atoms with Gasteiger partial charge in [0, 0.05) is 0 Å². The number of anilines is 1. The first-order valence-electron chi connectivity index (χ1n) is 4.65. The van der Waals surface area contributed by atoms with Gasteiger partial charge in [0.1, 0.15) is 5.82 Å². The Balaban J connectivity index is 2.65. The molecule has 0 atom stereocenters. The van der Waals surface area contributed by atoms with Crippen LogP contribution >= 0.6 is 0 Å². The lowest BCUT2D eigenvalue weighted by atomic mass is 9.99. The summed E-state index contributed by atoms with van der Waals surface area (Å²) >= 11 is 0. The van der Waals surface area contributed by atoms with E-state index in [1.54, 1.807) is 26.0 Å². The van der Waals surface area contributed by atoms with Crippen LogP contribution in [0.15, 0.2) is 18.2 Å². The molecule has 0 unspecified atom stereocenters. The normalized spacial score (nSPS) is 11.7. The van der Waals surface area contributed by atoms with Crippen molar-refractivity contribution in [3.8, 4) is 0 Å². The number of benzene rings is 1. The van der Waals surface area contributed by atoms with Crippen LogP contribution in [0.4, 0.5) is 10.1 Å². The van der Waals surface area contributed by atoms with E-state index < -0.39 is 11.4 Å². The van der Waals surface area contributed by atoms with Gasteiger partial charge in [-0.05, 0) is 44.4 Å². The van der Waals surface area contributed by atoms with Crippen molar-refractivity contribution < 1.29 is 9.50 Å². The van der Waals surface area contributed by atoms with Crippen LogP contribution in [0.25, 0.3) is 0 Å². The molecule has 0 aliphatic carbocycles. The smallest absolute Gasteiger partial charge is 0.146 e. The molecule has 14 heavy (non-hydrogen) atoms. The number of nitrogen functional groups attached to an aromatic ring is 1. The van der Waals surface area contributed by atoms with Gasteiger partial charge in [0.2, 0.25) is 0 Å². The number of hydrogen-bond acceptors (Lipinski definition) is 2. The van der Waals surface area contributed by atoms with Crippen molar-refractivity contribution in [2.24, 2.45) is 0 Å². The molecule has 0 amide bonds. The summed E-state index contributed by atoms with van der Waals surface area (Å²) in [5, 5.41) is 9.48. The van der Waals surface area contributed by atoms with Crippen molar-refractivity contribution in [2.45, 2.75) is 32.3 Å². The van der Waals surface area contributed by atoms with Gasteiger partial charge in [0.25, 0.3) is 0 Å². The molecule has 3 heteroatoms. The van der Waals surface area contributed by atoms with Crippen molar-refractivity contribution in [2.75, 3.05) is 5.73 Å². The van der Waals surface area contributed by atoms with Gasteiger partial charge >= 0.3 is 0 Å². The summed E-state index contributed by atoms with van der Waals surface area (Å²) in [6.07, 6.45) is 1.26. The fourth-order valence-corrected chi connectivity index (χ4v) is 1.18. The van der Waals surface area contributed by atoms with Gasteiger partial charge in [0.15, 0.2) is 0 Å². The van der Waals surface area contributed by atoms with E-state index in [1.807, 2.05) is 0 Å². The predicted octanol–water partition coefficient (Wildman–Crippen LogP) is 2.11. The molecule has 0 saturated carbocycles. The third-order valence-corrected chi connectivity index (χ3v) is 2.09. The molecule has 1 rings (SSSR count). The summed E-state index contributed by atoms with van der Waals surface area (Å²) in [5.74, 6) is -0.391. The zero-order valence-electron chi connectivity index (χ0n) is 8.55. The van der Waals surface area contributed by atoms with Crippen LogP contribution in [0.2, 0.25) is 0 Å². The number of halogens is 1. The summed E-state index contributed by atoms with van der Waals surface area (Å²) in [6.45, 7) is 3.47. The van der Waals surface area contributed by atoms with E-state index in [4.69, 9.17) is 5.73 Å². The highest BCUT2D eigenvalue weighted by Gasteiger charge is 2.12. The Hall–Kier alpha value is -1.09. The Morgan fingerprint density at radius 2 is 2.07 bits per heavy atom. The standard InChI is InChI=1S/C11H16FNO/c1-11(2,14)6-5-8-3-4-10(13)9(12)7-8/h3-4,7,14H,5-6,13H2,1-2H3. The molecule has 1 aromatic rings. The van der Waals surface area contributed by atoms with Gasteiger partial charge < -0.3 is 10.8 Å². The van der Waals surface area contributed by atoms with Crippen molar-refractivity contribution in [1.82, 2.24) is 0 Å². The zero-order valence-corrected chi connectivity index (χ0v) is 8.55. The molecule has 0 fully saturated rings. The SMILES string of the molecule is CC(C)(O)CCc1ccc(N)c(F)c1. The quantitative estimate of drug-likeness (QED) is 0.729. The second-order valence-corrected chi connectivity index (χ2v) is 4.17. The first-order valence-corrected chi connectivity index (χ1v) is 4.65. The van der Waals surface area contributed by atoms with E-state index in [0.29, 0.717) is 12.8 Å². The van der Waals surface area contributed by atoms with E-state index in [-0.39, 0.29) is 5.69 Å². The Morgan fingerprint density at radius 3 is 2.57 bits per heavy atom. The van der Waals surface area contributed by atoms with Crippen LogP contribution in [0, 0.1) is 5.82 Å². The van der Waals surface area contributed by atoms with E-state index in [2.05, 4.69) is 0 Å².